The van der Waals surface area contributed by atoms with Crippen molar-refractivity contribution in [3.05, 3.63) is 11.2 Å². The SMILES string of the molecule is COc1ncc(Cl)c(N(C)CCC(N)C(C)C)n1. The summed E-state index contributed by atoms with van der Waals surface area (Å²) >= 11 is 6.07. The lowest BCUT2D eigenvalue weighted by molar-refractivity contribution is 0.379. The average molecular weight is 273 g/mol. The number of nitrogens with two attached hydrogens (primary N) is 1. The molecule has 1 heterocycles. The van der Waals surface area contributed by atoms with Crippen LogP contribution in [0.5, 0.6) is 6.01 Å². The summed E-state index contributed by atoms with van der Waals surface area (Å²) < 4.78 is 4.99. The number of nitrogens with zero attached hydrogens (tertiary/aromatic N) is 3. The molecule has 2 N–H and O–H groups in total. The summed E-state index contributed by atoms with van der Waals surface area (Å²) in [5.74, 6) is 1.13. The predicted molar refractivity (Wildman–Crippen MR) is 74.3 cm³/mol. The summed E-state index contributed by atoms with van der Waals surface area (Å²) in [7, 11) is 3.46. The molecule has 102 valence electrons. The molecular weight excluding hydrogens is 252 g/mol. The fourth-order valence-electron chi connectivity index (χ4n) is 1.49. The van der Waals surface area contributed by atoms with Crippen molar-refractivity contribution in [1.29, 1.82) is 0 Å². The van der Waals surface area contributed by atoms with E-state index in [0.29, 0.717) is 22.8 Å². The van der Waals surface area contributed by atoms with Gasteiger partial charge in [-0.3, -0.25) is 0 Å². The van der Waals surface area contributed by atoms with E-state index in [1.165, 1.54) is 7.11 Å². The highest BCUT2D eigenvalue weighted by molar-refractivity contribution is 6.32. The van der Waals surface area contributed by atoms with E-state index in [1.807, 2.05) is 11.9 Å². The third-order valence-corrected chi connectivity index (χ3v) is 3.17. The normalized spacial score (nSPS) is 12.6. The van der Waals surface area contributed by atoms with Crippen LogP contribution >= 0.6 is 11.6 Å². The second-order valence-corrected chi connectivity index (χ2v) is 5.05. The molecule has 0 spiro atoms. The number of halogens is 1. The van der Waals surface area contributed by atoms with Crippen LogP contribution in [-0.4, -0.2) is 36.7 Å². The van der Waals surface area contributed by atoms with E-state index in [-0.39, 0.29) is 6.04 Å². The Morgan fingerprint density at radius 1 is 1.50 bits per heavy atom. The van der Waals surface area contributed by atoms with Crippen LogP contribution < -0.4 is 15.4 Å². The lowest BCUT2D eigenvalue weighted by atomic mass is 10.0. The molecule has 0 amide bonds. The number of aromatic nitrogens is 2. The zero-order valence-corrected chi connectivity index (χ0v) is 12.1. The molecule has 0 fully saturated rings. The first-order valence-electron chi connectivity index (χ1n) is 5.99. The molecule has 1 unspecified atom stereocenters. The maximum absolute atomic E-state index is 6.07. The van der Waals surface area contributed by atoms with Crippen molar-refractivity contribution in [2.45, 2.75) is 26.3 Å². The van der Waals surface area contributed by atoms with Crippen LogP contribution in [0, 0.1) is 5.92 Å². The van der Waals surface area contributed by atoms with Crippen molar-refractivity contribution >= 4 is 17.4 Å². The summed E-state index contributed by atoms with van der Waals surface area (Å²) in [5.41, 5.74) is 6.02. The Morgan fingerprint density at radius 3 is 2.72 bits per heavy atom. The molecular formula is C12H21ClN4O. The van der Waals surface area contributed by atoms with E-state index < -0.39 is 0 Å². The van der Waals surface area contributed by atoms with Gasteiger partial charge in [-0.2, -0.15) is 4.98 Å². The molecule has 0 radical (unpaired) electrons. The van der Waals surface area contributed by atoms with Crippen LogP contribution in [0.1, 0.15) is 20.3 Å². The van der Waals surface area contributed by atoms with Gasteiger partial charge in [-0.1, -0.05) is 25.4 Å². The van der Waals surface area contributed by atoms with Gasteiger partial charge in [0.15, 0.2) is 5.82 Å². The molecule has 0 aliphatic rings. The summed E-state index contributed by atoms with van der Waals surface area (Å²) in [4.78, 5) is 10.1. The molecule has 0 aromatic carbocycles. The van der Waals surface area contributed by atoms with Crippen LogP contribution in [0.4, 0.5) is 5.82 Å². The molecule has 6 heteroatoms. The Hall–Kier alpha value is -1.07. The Kier molecular flexibility index (Phi) is 5.62. The van der Waals surface area contributed by atoms with Crippen molar-refractivity contribution < 1.29 is 4.74 Å². The largest absolute Gasteiger partial charge is 0.467 e. The molecule has 0 aliphatic carbocycles. The molecule has 0 saturated heterocycles. The molecule has 0 aliphatic heterocycles. The number of anilines is 1. The fraction of sp³-hybridized carbons (Fsp3) is 0.667. The second-order valence-electron chi connectivity index (χ2n) is 4.65. The van der Waals surface area contributed by atoms with Crippen molar-refractivity contribution in [2.75, 3.05) is 25.6 Å². The minimum atomic E-state index is 0.176. The summed E-state index contributed by atoms with van der Waals surface area (Å²) in [5, 5.41) is 0.511. The van der Waals surface area contributed by atoms with Crippen molar-refractivity contribution in [3.8, 4) is 6.01 Å². The zero-order chi connectivity index (χ0) is 13.7. The van der Waals surface area contributed by atoms with Gasteiger partial charge in [-0.05, 0) is 12.3 Å². The third kappa shape index (κ3) is 3.99. The number of ether oxygens (including phenoxy) is 1. The predicted octanol–water partition coefficient (Wildman–Crippen LogP) is 1.95. The van der Waals surface area contributed by atoms with Gasteiger partial charge < -0.3 is 15.4 Å². The van der Waals surface area contributed by atoms with E-state index in [2.05, 4.69) is 23.8 Å². The minimum absolute atomic E-state index is 0.176. The van der Waals surface area contributed by atoms with Crippen molar-refractivity contribution in [2.24, 2.45) is 11.7 Å². The summed E-state index contributed by atoms with van der Waals surface area (Å²) in [6.07, 6.45) is 2.43. The van der Waals surface area contributed by atoms with Crippen molar-refractivity contribution in [1.82, 2.24) is 9.97 Å². The van der Waals surface area contributed by atoms with E-state index in [9.17, 15) is 0 Å². The van der Waals surface area contributed by atoms with Gasteiger partial charge in [0.25, 0.3) is 0 Å². The lowest BCUT2D eigenvalue weighted by Gasteiger charge is -2.22. The van der Waals surface area contributed by atoms with E-state index in [1.54, 1.807) is 6.20 Å². The Labute approximate surface area is 113 Å². The molecule has 18 heavy (non-hydrogen) atoms. The van der Waals surface area contributed by atoms with Crippen molar-refractivity contribution in [3.63, 3.8) is 0 Å². The molecule has 1 aromatic rings. The van der Waals surface area contributed by atoms with Crippen LogP contribution in [0.2, 0.25) is 5.02 Å². The maximum Gasteiger partial charge on any atom is 0.318 e. The molecule has 5 nitrogen and oxygen atoms in total. The van der Waals surface area contributed by atoms with E-state index in [4.69, 9.17) is 22.1 Å². The highest BCUT2D eigenvalue weighted by atomic mass is 35.5. The first-order chi connectivity index (χ1) is 8.45. The quantitative estimate of drug-likeness (QED) is 0.857. The van der Waals surface area contributed by atoms with Gasteiger partial charge in [-0.25, -0.2) is 4.98 Å². The minimum Gasteiger partial charge on any atom is -0.467 e. The van der Waals surface area contributed by atoms with Gasteiger partial charge in [-0.15, -0.1) is 0 Å². The molecule has 1 atom stereocenters. The first kappa shape index (κ1) is 15.0. The van der Waals surface area contributed by atoms with Crippen LogP contribution in [0.3, 0.4) is 0 Å². The molecule has 1 aromatic heterocycles. The van der Waals surface area contributed by atoms with Gasteiger partial charge in [0.1, 0.15) is 5.02 Å². The third-order valence-electron chi connectivity index (χ3n) is 2.90. The van der Waals surface area contributed by atoms with E-state index in [0.717, 1.165) is 13.0 Å². The zero-order valence-electron chi connectivity index (χ0n) is 11.4. The maximum atomic E-state index is 6.07. The lowest BCUT2D eigenvalue weighted by Crippen LogP contribution is -2.32. The molecule has 0 saturated carbocycles. The highest BCUT2D eigenvalue weighted by Crippen LogP contribution is 2.23. The standard InChI is InChI=1S/C12H21ClN4O/c1-8(2)10(14)5-6-17(3)11-9(13)7-15-12(16-11)18-4/h7-8,10H,5-6,14H2,1-4H3. The van der Waals surface area contributed by atoms with Crippen LogP contribution in [-0.2, 0) is 0 Å². The fourth-order valence-corrected chi connectivity index (χ4v) is 1.73. The number of hydrogen-bond donors (Lipinski definition) is 1. The second kappa shape index (κ2) is 6.75. The monoisotopic (exact) mass is 272 g/mol. The Morgan fingerprint density at radius 2 is 2.17 bits per heavy atom. The topological polar surface area (TPSA) is 64.3 Å². The van der Waals surface area contributed by atoms with Crippen LogP contribution in [0.25, 0.3) is 0 Å². The number of methoxy groups -OCH3 is 1. The Bertz CT molecular complexity index is 386. The number of rotatable bonds is 6. The van der Waals surface area contributed by atoms with E-state index >= 15 is 0 Å². The van der Waals surface area contributed by atoms with Gasteiger partial charge in [0.2, 0.25) is 0 Å². The summed E-state index contributed by atoms with van der Waals surface area (Å²) in [6, 6.07) is 0.490. The average Bonchev–Trinajstić information content (AvgIpc) is 2.35. The molecule has 0 bridgehead atoms. The molecule has 1 rings (SSSR count). The van der Waals surface area contributed by atoms with Gasteiger partial charge >= 0.3 is 6.01 Å². The van der Waals surface area contributed by atoms with Crippen LogP contribution in [0.15, 0.2) is 6.20 Å². The van der Waals surface area contributed by atoms with Gasteiger partial charge in [0.05, 0.1) is 13.3 Å². The highest BCUT2D eigenvalue weighted by Gasteiger charge is 2.13. The first-order valence-corrected chi connectivity index (χ1v) is 6.36. The Balaban J connectivity index is 2.68. The van der Waals surface area contributed by atoms with Gasteiger partial charge in [0, 0.05) is 19.6 Å². The smallest absolute Gasteiger partial charge is 0.318 e. The summed E-state index contributed by atoms with van der Waals surface area (Å²) in [6.45, 7) is 5.02. The number of hydrogen-bond acceptors (Lipinski definition) is 5.